The van der Waals surface area contributed by atoms with Gasteiger partial charge in [-0.25, -0.2) is 4.98 Å². The van der Waals surface area contributed by atoms with Gasteiger partial charge in [0.2, 0.25) is 0 Å². The summed E-state index contributed by atoms with van der Waals surface area (Å²) < 4.78 is 7.50. The molecule has 0 unspecified atom stereocenters. The van der Waals surface area contributed by atoms with Gasteiger partial charge in [-0.2, -0.15) is 0 Å². The van der Waals surface area contributed by atoms with Gasteiger partial charge in [0.15, 0.2) is 0 Å². The molecule has 3 nitrogen and oxygen atoms in total. The van der Waals surface area contributed by atoms with E-state index in [2.05, 4.69) is 59.2 Å². The van der Waals surface area contributed by atoms with Gasteiger partial charge in [0.1, 0.15) is 11.6 Å². The lowest BCUT2D eigenvalue weighted by Gasteiger charge is -2.08. The van der Waals surface area contributed by atoms with E-state index < -0.39 is 0 Å². The van der Waals surface area contributed by atoms with Crippen LogP contribution in [0.5, 0.6) is 5.75 Å². The molecule has 4 rings (SSSR count). The molecular formula is C23H20N2O. The minimum Gasteiger partial charge on any atom is -0.497 e. The summed E-state index contributed by atoms with van der Waals surface area (Å²) in [6.45, 7) is 0.763. The molecule has 4 aromatic rings. The van der Waals surface area contributed by atoms with Crippen molar-refractivity contribution in [2.75, 3.05) is 7.11 Å². The second kappa shape index (κ2) is 7.28. The van der Waals surface area contributed by atoms with Crippen molar-refractivity contribution in [1.29, 1.82) is 0 Å². The average Bonchev–Trinajstić information content (AvgIpc) is 3.05. The third-order valence-electron chi connectivity index (χ3n) is 4.41. The van der Waals surface area contributed by atoms with E-state index >= 15 is 0 Å². The number of para-hydroxylation sites is 2. The highest BCUT2D eigenvalue weighted by atomic mass is 16.5. The van der Waals surface area contributed by atoms with Gasteiger partial charge in [-0.3, -0.25) is 0 Å². The van der Waals surface area contributed by atoms with Crippen LogP contribution in [-0.4, -0.2) is 16.7 Å². The van der Waals surface area contributed by atoms with E-state index in [0.29, 0.717) is 0 Å². The Morgan fingerprint density at radius 2 is 1.58 bits per heavy atom. The first kappa shape index (κ1) is 16.2. The molecule has 0 aliphatic heterocycles. The largest absolute Gasteiger partial charge is 0.497 e. The third-order valence-corrected chi connectivity index (χ3v) is 4.41. The molecule has 0 fully saturated rings. The number of methoxy groups -OCH3 is 1. The summed E-state index contributed by atoms with van der Waals surface area (Å²) in [7, 11) is 1.69. The molecule has 128 valence electrons. The SMILES string of the molecule is COc1ccc(Cn2c(/C=C/c3ccccc3)nc3ccccc32)cc1. The van der Waals surface area contributed by atoms with Crippen LogP contribution in [0.3, 0.4) is 0 Å². The van der Waals surface area contributed by atoms with Crippen LogP contribution in [0, 0.1) is 0 Å². The minimum absolute atomic E-state index is 0.763. The third kappa shape index (κ3) is 3.38. The Labute approximate surface area is 153 Å². The van der Waals surface area contributed by atoms with Crippen molar-refractivity contribution in [3.63, 3.8) is 0 Å². The molecule has 0 amide bonds. The zero-order valence-corrected chi connectivity index (χ0v) is 14.7. The van der Waals surface area contributed by atoms with Crippen molar-refractivity contribution < 1.29 is 4.74 Å². The van der Waals surface area contributed by atoms with Gasteiger partial charge in [-0.1, -0.05) is 60.7 Å². The number of hydrogen-bond donors (Lipinski definition) is 0. The van der Waals surface area contributed by atoms with Crippen molar-refractivity contribution >= 4 is 23.2 Å². The van der Waals surface area contributed by atoms with Crippen LogP contribution in [0.25, 0.3) is 23.2 Å². The Hall–Kier alpha value is -3.33. The molecule has 1 heterocycles. The monoisotopic (exact) mass is 340 g/mol. The van der Waals surface area contributed by atoms with Crippen molar-refractivity contribution in [1.82, 2.24) is 9.55 Å². The van der Waals surface area contributed by atoms with E-state index in [-0.39, 0.29) is 0 Å². The zero-order chi connectivity index (χ0) is 17.8. The van der Waals surface area contributed by atoms with Crippen LogP contribution in [-0.2, 0) is 6.54 Å². The van der Waals surface area contributed by atoms with Crippen molar-refractivity contribution in [2.45, 2.75) is 6.54 Å². The molecule has 3 heteroatoms. The molecule has 0 aliphatic rings. The van der Waals surface area contributed by atoms with Crippen molar-refractivity contribution in [2.24, 2.45) is 0 Å². The summed E-state index contributed by atoms with van der Waals surface area (Å²) >= 11 is 0. The van der Waals surface area contributed by atoms with Gasteiger partial charge in [0.25, 0.3) is 0 Å². The molecule has 0 atom stereocenters. The maximum atomic E-state index is 5.26. The van der Waals surface area contributed by atoms with Crippen molar-refractivity contribution in [3.05, 3.63) is 95.8 Å². The minimum atomic E-state index is 0.763. The van der Waals surface area contributed by atoms with Gasteiger partial charge in [0.05, 0.1) is 18.1 Å². The maximum absolute atomic E-state index is 5.26. The number of aromatic nitrogens is 2. The molecule has 0 aliphatic carbocycles. The van der Waals surface area contributed by atoms with Crippen LogP contribution in [0.4, 0.5) is 0 Å². The van der Waals surface area contributed by atoms with E-state index in [1.807, 2.05) is 36.4 Å². The number of rotatable bonds is 5. The molecule has 0 N–H and O–H groups in total. The summed E-state index contributed by atoms with van der Waals surface area (Å²) in [5.41, 5.74) is 4.52. The molecule has 3 aromatic carbocycles. The fourth-order valence-corrected chi connectivity index (χ4v) is 3.04. The summed E-state index contributed by atoms with van der Waals surface area (Å²) in [6.07, 6.45) is 4.19. The van der Waals surface area contributed by atoms with Crippen molar-refractivity contribution in [3.8, 4) is 5.75 Å². The Morgan fingerprint density at radius 3 is 2.35 bits per heavy atom. The number of fused-ring (bicyclic) bond motifs is 1. The standard InChI is InChI=1S/C23H20N2O/c1-26-20-14-11-19(12-15-20)17-25-22-10-6-5-9-21(22)24-23(25)16-13-18-7-3-2-4-8-18/h2-16H,17H2,1H3/b16-13+. The lowest BCUT2D eigenvalue weighted by molar-refractivity contribution is 0.414. The van der Waals surface area contributed by atoms with Gasteiger partial charge >= 0.3 is 0 Å². The van der Waals surface area contributed by atoms with Crippen LogP contribution in [0.15, 0.2) is 78.9 Å². The van der Waals surface area contributed by atoms with E-state index in [1.165, 1.54) is 5.56 Å². The summed E-state index contributed by atoms with van der Waals surface area (Å²) in [4.78, 5) is 4.81. The number of benzene rings is 3. The first-order chi connectivity index (χ1) is 12.8. The van der Waals surface area contributed by atoms with Crippen LogP contribution in [0.2, 0.25) is 0 Å². The molecule has 0 saturated heterocycles. The van der Waals surface area contributed by atoms with Crippen LogP contribution >= 0.6 is 0 Å². The number of hydrogen-bond acceptors (Lipinski definition) is 2. The molecule has 26 heavy (non-hydrogen) atoms. The van der Waals surface area contributed by atoms with Gasteiger partial charge in [-0.15, -0.1) is 0 Å². The Kier molecular flexibility index (Phi) is 4.52. The predicted octanol–water partition coefficient (Wildman–Crippen LogP) is 5.26. The summed E-state index contributed by atoms with van der Waals surface area (Å²) in [5, 5.41) is 0. The zero-order valence-electron chi connectivity index (χ0n) is 14.7. The average molecular weight is 340 g/mol. The molecule has 0 saturated carbocycles. The smallest absolute Gasteiger partial charge is 0.134 e. The van der Waals surface area contributed by atoms with E-state index in [4.69, 9.17) is 9.72 Å². The quantitative estimate of drug-likeness (QED) is 0.495. The Balaban J connectivity index is 1.72. The van der Waals surface area contributed by atoms with E-state index in [1.54, 1.807) is 7.11 Å². The van der Waals surface area contributed by atoms with Crippen LogP contribution < -0.4 is 4.74 Å². The highest BCUT2D eigenvalue weighted by Crippen LogP contribution is 2.21. The van der Waals surface area contributed by atoms with Gasteiger partial charge < -0.3 is 9.30 Å². The number of nitrogens with zero attached hydrogens (tertiary/aromatic N) is 2. The fraction of sp³-hybridized carbons (Fsp3) is 0.0870. The first-order valence-electron chi connectivity index (χ1n) is 8.65. The Morgan fingerprint density at radius 1 is 0.846 bits per heavy atom. The molecular weight excluding hydrogens is 320 g/mol. The maximum Gasteiger partial charge on any atom is 0.134 e. The second-order valence-corrected chi connectivity index (χ2v) is 6.14. The van der Waals surface area contributed by atoms with Crippen LogP contribution in [0.1, 0.15) is 17.0 Å². The lowest BCUT2D eigenvalue weighted by Crippen LogP contribution is -2.02. The normalized spacial score (nSPS) is 11.3. The molecule has 0 radical (unpaired) electrons. The Bertz CT molecular complexity index is 1030. The van der Waals surface area contributed by atoms with E-state index in [9.17, 15) is 0 Å². The lowest BCUT2D eigenvalue weighted by atomic mass is 10.2. The van der Waals surface area contributed by atoms with E-state index in [0.717, 1.165) is 34.7 Å². The molecule has 0 spiro atoms. The van der Waals surface area contributed by atoms with Gasteiger partial charge in [-0.05, 0) is 41.5 Å². The first-order valence-corrected chi connectivity index (χ1v) is 8.65. The number of ether oxygens (including phenoxy) is 1. The molecule has 1 aromatic heterocycles. The number of imidazole rings is 1. The highest BCUT2D eigenvalue weighted by Gasteiger charge is 2.09. The second-order valence-electron chi connectivity index (χ2n) is 6.14. The predicted molar refractivity (Wildman–Crippen MR) is 107 cm³/mol. The topological polar surface area (TPSA) is 27.1 Å². The summed E-state index contributed by atoms with van der Waals surface area (Å²) in [6, 6.07) is 26.7. The molecule has 0 bridgehead atoms. The van der Waals surface area contributed by atoms with Gasteiger partial charge in [0, 0.05) is 6.54 Å². The summed E-state index contributed by atoms with van der Waals surface area (Å²) in [5.74, 6) is 1.82. The highest BCUT2D eigenvalue weighted by molar-refractivity contribution is 5.80. The fourth-order valence-electron chi connectivity index (χ4n) is 3.04.